The minimum absolute atomic E-state index is 0.0914. The van der Waals surface area contributed by atoms with Crippen molar-refractivity contribution in [3.8, 4) is 11.3 Å². The van der Waals surface area contributed by atoms with Crippen molar-refractivity contribution >= 4 is 22.5 Å². The van der Waals surface area contributed by atoms with E-state index >= 15 is 0 Å². The van der Waals surface area contributed by atoms with E-state index < -0.39 is 0 Å². The summed E-state index contributed by atoms with van der Waals surface area (Å²) in [7, 11) is 0. The summed E-state index contributed by atoms with van der Waals surface area (Å²) in [4.78, 5) is 4.30. The number of halogens is 1. The Labute approximate surface area is 115 Å². The molecule has 3 nitrogen and oxygen atoms in total. The standard InChI is InChI=1S/C15H11ClN2O/c16-10-14-17-13-9-5-4-8-12(13)15(18(14)19)11-6-2-1-3-7-11/h1-9H,10H2. The third-order valence-electron chi connectivity index (χ3n) is 3.01. The van der Waals surface area contributed by atoms with Gasteiger partial charge in [-0.2, -0.15) is 0 Å². The van der Waals surface area contributed by atoms with Crippen molar-refractivity contribution in [1.29, 1.82) is 0 Å². The van der Waals surface area contributed by atoms with Gasteiger partial charge < -0.3 is 5.21 Å². The van der Waals surface area contributed by atoms with Gasteiger partial charge in [-0.25, -0.2) is 4.73 Å². The van der Waals surface area contributed by atoms with E-state index in [2.05, 4.69) is 4.98 Å². The molecule has 2 aromatic carbocycles. The van der Waals surface area contributed by atoms with Crippen LogP contribution in [0.2, 0.25) is 0 Å². The normalized spacial score (nSPS) is 10.8. The van der Waals surface area contributed by atoms with Crippen molar-refractivity contribution in [2.75, 3.05) is 0 Å². The van der Waals surface area contributed by atoms with Crippen LogP contribution in [0, 0.1) is 5.21 Å². The zero-order chi connectivity index (χ0) is 13.2. The fraction of sp³-hybridized carbons (Fsp3) is 0.0667. The summed E-state index contributed by atoms with van der Waals surface area (Å²) in [6.07, 6.45) is 0. The third-order valence-corrected chi connectivity index (χ3v) is 3.25. The Bertz CT molecular complexity index is 729. The lowest BCUT2D eigenvalue weighted by molar-refractivity contribution is -0.603. The predicted octanol–water partition coefficient (Wildman–Crippen LogP) is 3.27. The Morgan fingerprint density at radius 1 is 1.00 bits per heavy atom. The molecule has 0 atom stereocenters. The van der Waals surface area contributed by atoms with Gasteiger partial charge in [0.1, 0.15) is 11.6 Å². The highest BCUT2D eigenvalue weighted by atomic mass is 35.5. The second-order valence-electron chi connectivity index (χ2n) is 4.19. The van der Waals surface area contributed by atoms with Gasteiger partial charge in [0, 0.05) is 5.56 Å². The van der Waals surface area contributed by atoms with Gasteiger partial charge in [0.25, 0.3) is 0 Å². The van der Waals surface area contributed by atoms with Crippen LogP contribution < -0.4 is 4.73 Å². The second-order valence-corrected chi connectivity index (χ2v) is 4.46. The molecule has 94 valence electrons. The quantitative estimate of drug-likeness (QED) is 0.407. The van der Waals surface area contributed by atoms with Crippen LogP contribution in [0.15, 0.2) is 54.6 Å². The molecule has 0 radical (unpaired) electrons. The zero-order valence-electron chi connectivity index (χ0n) is 10.1. The fourth-order valence-electron chi connectivity index (χ4n) is 2.15. The maximum atomic E-state index is 12.4. The topological polar surface area (TPSA) is 39.8 Å². The summed E-state index contributed by atoms with van der Waals surface area (Å²) in [6, 6.07) is 17.1. The molecule has 0 aliphatic carbocycles. The first-order chi connectivity index (χ1) is 9.31. The van der Waals surface area contributed by atoms with Crippen molar-refractivity contribution in [3.63, 3.8) is 0 Å². The Morgan fingerprint density at radius 2 is 1.68 bits per heavy atom. The lowest BCUT2D eigenvalue weighted by Gasteiger charge is -2.13. The molecule has 0 saturated carbocycles. The Morgan fingerprint density at radius 3 is 2.42 bits per heavy atom. The van der Waals surface area contributed by atoms with Crippen LogP contribution in [0.1, 0.15) is 5.82 Å². The Balaban J connectivity index is 2.41. The van der Waals surface area contributed by atoms with E-state index in [1.807, 2.05) is 54.6 Å². The van der Waals surface area contributed by atoms with Crippen LogP contribution in [0.3, 0.4) is 0 Å². The van der Waals surface area contributed by atoms with Gasteiger partial charge in [-0.3, -0.25) is 0 Å². The molecule has 0 aliphatic heterocycles. The molecule has 0 N–H and O–H groups in total. The van der Waals surface area contributed by atoms with Gasteiger partial charge in [-0.05, 0) is 17.1 Å². The second kappa shape index (κ2) is 4.86. The van der Waals surface area contributed by atoms with Crippen molar-refractivity contribution < 1.29 is 4.73 Å². The molecule has 4 heteroatoms. The van der Waals surface area contributed by atoms with E-state index in [0.29, 0.717) is 11.5 Å². The highest BCUT2D eigenvalue weighted by Crippen LogP contribution is 2.24. The van der Waals surface area contributed by atoms with Crippen LogP contribution in [-0.2, 0) is 5.88 Å². The molecule has 3 aromatic rings. The first-order valence-corrected chi connectivity index (χ1v) is 6.47. The minimum Gasteiger partial charge on any atom is -0.710 e. The first-order valence-electron chi connectivity index (χ1n) is 5.94. The van der Waals surface area contributed by atoms with Crippen LogP contribution in [-0.4, -0.2) is 4.98 Å². The molecule has 0 bridgehead atoms. The van der Waals surface area contributed by atoms with Gasteiger partial charge >= 0.3 is 5.82 Å². The number of rotatable bonds is 2. The van der Waals surface area contributed by atoms with Gasteiger partial charge in [0.2, 0.25) is 0 Å². The largest absolute Gasteiger partial charge is 0.710 e. The molecule has 19 heavy (non-hydrogen) atoms. The SMILES string of the molecule is [O-][n+]1c(CCl)nc2ccccc2c1-c1ccccc1. The van der Waals surface area contributed by atoms with Crippen molar-refractivity contribution in [1.82, 2.24) is 4.98 Å². The maximum absolute atomic E-state index is 12.4. The monoisotopic (exact) mass is 270 g/mol. The molecule has 3 rings (SSSR count). The van der Waals surface area contributed by atoms with Gasteiger partial charge in [0.05, 0.1) is 5.39 Å². The molecular weight excluding hydrogens is 260 g/mol. The predicted molar refractivity (Wildman–Crippen MR) is 75.7 cm³/mol. The number of para-hydroxylation sites is 1. The van der Waals surface area contributed by atoms with E-state index in [4.69, 9.17) is 11.6 Å². The highest BCUT2D eigenvalue weighted by Gasteiger charge is 2.18. The molecular formula is C15H11ClN2O. The number of fused-ring (bicyclic) bond motifs is 1. The van der Waals surface area contributed by atoms with Crippen LogP contribution >= 0.6 is 11.6 Å². The summed E-state index contributed by atoms with van der Waals surface area (Å²) in [6.45, 7) is 0. The number of nitrogens with zero attached hydrogens (tertiary/aromatic N) is 2. The number of hydrogen-bond acceptors (Lipinski definition) is 2. The average Bonchev–Trinajstić information content (AvgIpc) is 2.47. The molecule has 0 unspecified atom stereocenters. The molecule has 0 amide bonds. The molecule has 0 saturated heterocycles. The van der Waals surface area contributed by atoms with E-state index in [1.54, 1.807) is 0 Å². The highest BCUT2D eigenvalue weighted by molar-refractivity contribution is 6.16. The first kappa shape index (κ1) is 11.9. The summed E-state index contributed by atoms with van der Waals surface area (Å²) in [5.41, 5.74) is 2.24. The number of alkyl halides is 1. The van der Waals surface area contributed by atoms with Crippen molar-refractivity contribution in [2.24, 2.45) is 0 Å². The van der Waals surface area contributed by atoms with Crippen LogP contribution in [0.25, 0.3) is 22.2 Å². The molecule has 1 aromatic heterocycles. The molecule has 0 aliphatic rings. The fourth-order valence-corrected chi connectivity index (χ4v) is 2.32. The number of benzene rings is 2. The number of aromatic nitrogens is 2. The smallest absolute Gasteiger partial charge is 0.317 e. The molecule has 0 fully saturated rings. The van der Waals surface area contributed by atoms with Crippen molar-refractivity contribution in [3.05, 3.63) is 65.6 Å². The minimum atomic E-state index is 0.0914. The van der Waals surface area contributed by atoms with Gasteiger partial charge in [-0.1, -0.05) is 42.5 Å². The van der Waals surface area contributed by atoms with Crippen molar-refractivity contribution in [2.45, 2.75) is 5.88 Å². The van der Waals surface area contributed by atoms with E-state index in [9.17, 15) is 5.21 Å². The van der Waals surface area contributed by atoms with Crippen LogP contribution in [0.5, 0.6) is 0 Å². The Kier molecular flexibility index (Phi) is 3.05. The Hall–Kier alpha value is -2.13. The maximum Gasteiger partial charge on any atom is 0.317 e. The summed E-state index contributed by atoms with van der Waals surface area (Å²) >= 11 is 5.81. The number of hydrogen-bond donors (Lipinski definition) is 0. The lowest BCUT2D eigenvalue weighted by atomic mass is 10.1. The summed E-state index contributed by atoms with van der Waals surface area (Å²) in [5, 5.41) is 13.2. The van der Waals surface area contributed by atoms with Crippen LogP contribution in [0.4, 0.5) is 0 Å². The van der Waals surface area contributed by atoms with Gasteiger partial charge in [0.15, 0.2) is 5.52 Å². The average molecular weight is 271 g/mol. The lowest BCUT2D eigenvalue weighted by Crippen LogP contribution is -2.35. The summed E-state index contributed by atoms with van der Waals surface area (Å²) < 4.78 is 0.824. The molecule has 1 heterocycles. The molecule has 0 spiro atoms. The summed E-state index contributed by atoms with van der Waals surface area (Å²) in [5.74, 6) is 0.410. The van der Waals surface area contributed by atoms with E-state index in [1.165, 1.54) is 0 Å². The van der Waals surface area contributed by atoms with Gasteiger partial charge in [-0.15, -0.1) is 11.6 Å². The van der Waals surface area contributed by atoms with E-state index in [-0.39, 0.29) is 5.88 Å². The zero-order valence-corrected chi connectivity index (χ0v) is 10.8. The third kappa shape index (κ3) is 2.02. The van der Waals surface area contributed by atoms with E-state index in [0.717, 1.165) is 21.2 Å².